The smallest absolute Gasteiger partial charge is 0.313 e. The number of aliphatic carboxylic acids is 1. The predicted molar refractivity (Wildman–Crippen MR) is 50.1 cm³/mol. The van der Waals surface area contributed by atoms with E-state index < -0.39 is 5.97 Å². The SMILES string of the molecule is O=C(O)CSCc1nnc(C2CC2)o1. The fraction of sp³-hybridized carbons (Fsp3) is 0.625. The molecule has 0 atom stereocenters. The van der Waals surface area contributed by atoms with Gasteiger partial charge in [-0.05, 0) is 12.8 Å². The van der Waals surface area contributed by atoms with Crippen LogP contribution in [0.15, 0.2) is 4.42 Å². The van der Waals surface area contributed by atoms with Gasteiger partial charge in [0.25, 0.3) is 0 Å². The highest BCUT2D eigenvalue weighted by Crippen LogP contribution is 2.39. The molecule has 0 radical (unpaired) electrons. The van der Waals surface area contributed by atoms with Crippen molar-refractivity contribution in [2.45, 2.75) is 24.5 Å². The molecular weight excluding hydrogens is 204 g/mol. The zero-order valence-electron chi connectivity index (χ0n) is 7.47. The zero-order chi connectivity index (χ0) is 9.97. The molecule has 14 heavy (non-hydrogen) atoms. The zero-order valence-corrected chi connectivity index (χ0v) is 8.29. The van der Waals surface area contributed by atoms with Crippen LogP contribution in [0.25, 0.3) is 0 Å². The molecule has 1 aliphatic carbocycles. The van der Waals surface area contributed by atoms with E-state index in [9.17, 15) is 4.79 Å². The van der Waals surface area contributed by atoms with Crippen LogP contribution in [-0.2, 0) is 10.5 Å². The van der Waals surface area contributed by atoms with Gasteiger partial charge in [0.2, 0.25) is 11.8 Å². The Kier molecular flexibility index (Phi) is 2.72. The molecule has 1 aliphatic rings. The Morgan fingerprint density at radius 1 is 1.57 bits per heavy atom. The van der Waals surface area contributed by atoms with Crippen LogP contribution in [0.3, 0.4) is 0 Å². The highest BCUT2D eigenvalue weighted by Gasteiger charge is 2.29. The molecule has 2 rings (SSSR count). The number of rotatable bonds is 5. The molecule has 0 spiro atoms. The number of carboxylic acids is 1. The van der Waals surface area contributed by atoms with Crippen molar-refractivity contribution in [1.29, 1.82) is 0 Å². The molecule has 0 aliphatic heterocycles. The third-order valence-corrected chi connectivity index (χ3v) is 2.76. The summed E-state index contributed by atoms with van der Waals surface area (Å²) in [6, 6.07) is 0. The molecule has 1 N–H and O–H groups in total. The van der Waals surface area contributed by atoms with E-state index in [4.69, 9.17) is 9.52 Å². The molecule has 1 fully saturated rings. The third-order valence-electron chi connectivity index (χ3n) is 1.86. The minimum atomic E-state index is -0.822. The molecule has 1 aromatic heterocycles. The molecule has 1 heterocycles. The number of hydrogen-bond donors (Lipinski definition) is 1. The largest absolute Gasteiger partial charge is 0.481 e. The Hall–Kier alpha value is -1.04. The monoisotopic (exact) mass is 214 g/mol. The van der Waals surface area contributed by atoms with Crippen LogP contribution in [0.1, 0.15) is 30.5 Å². The summed E-state index contributed by atoms with van der Waals surface area (Å²) in [6.07, 6.45) is 2.26. The number of carboxylic acid groups (broad SMARTS) is 1. The van der Waals surface area contributed by atoms with Crippen molar-refractivity contribution in [3.05, 3.63) is 11.8 Å². The first-order valence-corrected chi connectivity index (χ1v) is 5.53. The molecule has 0 saturated heterocycles. The Morgan fingerprint density at radius 2 is 2.36 bits per heavy atom. The van der Waals surface area contributed by atoms with Crippen LogP contribution in [0.4, 0.5) is 0 Å². The quantitative estimate of drug-likeness (QED) is 0.795. The first-order valence-electron chi connectivity index (χ1n) is 4.37. The van der Waals surface area contributed by atoms with Gasteiger partial charge in [0, 0.05) is 5.92 Å². The Labute approximate surface area is 84.9 Å². The van der Waals surface area contributed by atoms with Crippen LogP contribution >= 0.6 is 11.8 Å². The third kappa shape index (κ3) is 2.47. The maximum absolute atomic E-state index is 10.2. The topological polar surface area (TPSA) is 76.2 Å². The normalized spacial score (nSPS) is 15.7. The van der Waals surface area contributed by atoms with Crippen molar-refractivity contribution in [3.63, 3.8) is 0 Å². The molecule has 76 valence electrons. The lowest BCUT2D eigenvalue weighted by Crippen LogP contribution is -1.98. The van der Waals surface area contributed by atoms with Crippen molar-refractivity contribution in [1.82, 2.24) is 10.2 Å². The van der Waals surface area contributed by atoms with Crippen LogP contribution < -0.4 is 0 Å². The standard InChI is InChI=1S/C8H10N2O3S/c11-7(12)4-14-3-6-9-10-8(13-6)5-1-2-5/h5H,1-4H2,(H,11,12). The van der Waals surface area contributed by atoms with Crippen LogP contribution in [0, 0.1) is 0 Å². The van der Waals surface area contributed by atoms with E-state index in [1.807, 2.05) is 0 Å². The van der Waals surface area contributed by atoms with Crippen molar-refractivity contribution in [2.24, 2.45) is 0 Å². The summed E-state index contributed by atoms with van der Waals surface area (Å²) in [4.78, 5) is 10.2. The van der Waals surface area contributed by atoms with Gasteiger partial charge in [0.1, 0.15) is 0 Å². The van der Waals surface area contributed by atoms with Gasteiger partial charge in [-0.25, -0.2) is 0 Å². The first kappa shape index (κ1) is 9.51. The minimum absolute atomic E-state index is 0.0706. The van der Waals surface area contributed by atoms with E-state index >= 15 is 0 Å². The Bertz CT molecular complexity index is 335. The van der Waals surface area contributed by atoms with Gasteiger partial charge in [-0.2, -0.15) is 0 Å². The maximum Gasteiger partial charge on any atom is 0.313 e. The van der Waals surface area contributed by atoms with E-state index in [1.165, 1.54) is 11.8 Å². The van der Waals surface area contributed by atoms with E-state index in [2.05, 4.69) is 10.2 Å². The molecule has 0 amide bonds. The summed E-state index contributed by atoms with van der Waals surface area (Å²) in [5.41, 5.74) is 0. The summed E-state index contributed by atoms with van der Waals surface area (Å²) in [5.74, 6) is 1.42. The summed E-state index contributed by atoms with van der Waals surface area (Å²) in [7, 11) is 0. The number of hydrogen-bond acceptors (Lipinski definition) is 5. The molecule has 0 unspecified atom stereocenters. The fourth-order valence-corrected chi connectivity index (χ4v) is 1.61. The average molecular weight is 214 g/mol. The Balaban J connectivity index is 1.80. The second-order valence-electron chi connectivity index (χ2n) is 3.19. The fourth-order valence-electron chi connectivity index (χ4n) is 1.05. The van der Waals surface area contributed by atoms with Crippen molar-refractivity contribution >= 4 is 17.7 Å². The molecule has 0 bridgehead atoms. The Morgan fingerprint density at radius 3 is 3.00 bits per heavy atom. The van der Waals surface area contributed by atoms with Crippen LogP contribution in [0.5, 0.6) is 0 Å². The van der Waals surface area contributed by atoms with Crippen LogP contribution in [0.2, 0.25) is 0 Å². The predicted octanol–water partition coefficient (Wildman–Crippen LogP) is 1.26. The lowest BCUT2D eigenvalue weighted by Gasteiger charge is -1.91. The summed E-state index contributed by atoms with van der Waals surface area (Å²) in [6.45, 7) is 0. The van der Waals surface area contributed by atoms with E-state index in [0.717, 1.165) is 12.8 Å². The van der Waals surface area contributed by atoms with E-state index in [-0.39, 0.29) is 5.75 Å². The summed E-state index contributed by atoms with van der Waals surface area (Å²) < 4.78 is 5.35. The van der Waals surface area contributed by atoms with Gasteiger partial charge in [-0.1, -0.05) is 0 Å². The number of aromatic nitrogens is 2. The minimum Gasteiger partial charge on any atom is -0.481 e. The van der Waals surface area contributed by atoms with Gasteiger partial charge in [-0.3, -0.25) is 4.79 Å². The van der Waals surface area contributed by atoms with Gasteiger partial charge in [0.15, 0.2) is 0 Å². The van der Waals surface area contributed by atoms with Crippen molar-refractivity contribution in [2.75, 3.05) is 5.75 Å². The molecule has 6 heteroatoms. The highest BCUT2D eigenvalue weighted by atomic mass is 32.2. The number of carbonyl (C=O) groups is 1. The van der Waals surface area contributed by atoms with Crippen molar-refractivity contribution < 1.29 is 14.3 Å². The first-order chi connectivity index (χ1) is 6.75. The average Bonchev–Trinajstić information content (AvgIpc) is 2.87. The van der Waals surface area contributed by atoms with E-state index in [0.29, 0.717) is 23.5 Å². The van der Waals surface area contributed by atoms with Gasteiger partial charge in [-0.15, -0.1) is 22.0 Å². The summed E-state index contributed by atoms with van der Waals surface area (Å²) >= 11 is 1.26. The second kappa shape index (κ2) is 4.00. The second-order valence-corrected chi connectivity index (χ2v) is 4.18. The lowest BCUT2D eigenvalue weighted by molar-refractivity contribution is -0.133. The molecule has 1 aromatic rings. The number of thioether (sulfide) groups is 1. The molecule has 5 nitrogen and oxygen atoms in total. The highest BCUT2D eigenvalue weighted by molar-refractivity contribution is 7.99. The van der Waals surface area contributed by atoms with Gasteiger partial charge in [0.05, 0.1) is 11.5 Å². The molecule has 1 saturated carbocycles. The summed E-state index contributed by atoms with van der Waals surface area (Å²) in [5, 5.41) is 16.1. The van der Waals surface area contributed by atoms with Gasteiger partial charge >= 0.3 is 5.97 Å². The maximum atomic E-state index is 10.2. The van der Waals surface area contributed by atoms with Crippen LogP contribution in [-0.4, -0.2) is 27.0 Å². The lowest BCUT2D eigenvalue weighted by atomic mass is 10.4. The van der Waals surface area contributed by atoms with Crippen molar-refractivity contribution in [3.8, 4) is 0 Å². The van der Waals surface area contributed by atoms with Gasteiger partial charge < -0.3 is 9.52 Å². The molecular formula is C8H10N2O3S. The van der Waals surface area contributed by atoms with E-state index in [1.54, 1.807) is 0 Å². The molecule has 0 aromatic carbocycles. The number of nitrogens with zero attached hydrogens (tertiary/aromatic N) is 2.